The number of amides is 1. The van der Waals surface area contributed by atoms with Crippen molar-refractivity contribution in [2.24, 2.45) is 11.8 Å². The quantitative estimate of drug-likeness (QED) is 0.839. The summed E-state index contributed by atoms with van der Waals surface area (Å²) in [5, 5.41) is 2.91. The largest absolute Gasteiger partial charge is 0.497 e. The first-order valence-electron chi connectivity index (χ1n) is 8.22. The lowest BCUT2D eigenvalue weighted by Gasteiger charge is -2.34. The van der Waals surface area contributed by atoms with Gasteiger partial charge in [-0.15, -0.1) is 0 Å². The molecular formula is C18H24FNO4. The molecule has 3 atom stereocenters. The Balaban J connectivity index is 1.86. The Kier molecular flexibility index (Phi) is 6.17. The van der Waals surface area contributed by atoms with Gasteiger partial charge in [0.25, 0.3) is 5.91 Å². The van der Waals surface area contributed by atoms with Crippen LogP contribution in [0.1, 0.15) is 43.5 Å². The third-order valence-electron chi connectivity index (χ3n) is 4.78. The Labute approximate surface area is 141 Å². The molecule has 0 aliphatic heterocycles. The van der Waals surface area contributed by atoms with Crippen LogP contribution in [0.5, 0.6) is 5.75 Å². The molecule has 1 amide bonds. The van der Waals surface area contributed by atoms with Crippen LogP contribution in [-0.2, 0) is 9.53 Å². The fourth-order valence-electron chi connectivity index (χ4n) is 3.03. The minimum absolute atomic E-state index is 0.0951. The molecule has 1 aliphatic rings. The highest BCUT2D eigenvalue weighted by Crippen LogP contribution is 2.29. The number of benzene rings is 1. The van der Waals surface area contributed by atoms with Crippen LogP contribution in [-0.4, -0.2) is 31.6 Å². The van der Waals surface area contributed by atoms with Gasteiger partial charge in [-0.25, -0.2) is 9.18 Å². The van der Waals surface area contributed by atoms with E-state index in [-0.39, 0.29) is 17.5 Å². The maximum atomic E-state index is 13.8. The molecule has 1 aromatic carbocycles. The summed E-state index contributed by atoms with van der Waals surface area (Å²) in [6, 6.07) is 3.93. The van der Waals surface area contributed by atoms with Gasteiger partial charge in [0.05, 0.1) is 12.7 Å². The molecule has 132 valence electrons. The first-order chi connectivity index (χ1) is 11.4. The van der Waals surface area contributed by atoms with Crippen molar-refractivity contribution < 1.29 is 23.5 Å². The Morgan fingerprint density at radius 2 is 2.04 bits per heavy atom. The number of halogens is 1. The summed E-state index contributed by atoms with van der Waals surface area (Å²) in [5.41, 5.74) is -0.219. The van der Waals surface area contributed by atoms with Crippen molar-refractivity contribution in [3.63, 3.8) is 0 Å². The van der Waals surface area contributed by atoms with Gasteiger partial charge in [0.2, 0.25) is 0 Å². The Hall–Kier alpha value is -2.11. The summed E-state index contributed by atoms with van der Waals surface area (Å²) in [6.07, 6.45) is 3.17. The topological polar surface area (TPSA) is 64.6 Å². The molecule has 0 radical (unpaired) electrons. The zero-order valence-corrected chi connectivity index (χ0v) is 14.3. The number of hydrogen-bond donors (Lipinski definition) is 1. The predicted molar refractivity (Wildman–Crippen MR) is 87.3 cm³/mol. The van der Waals surface area contributed by atoms with Crippen molar-refractivity contribution in [1.82, 2.24) is 5.32 Å². The summed E-state index contributed by atoms with van der Waals surface area (Å²) < 4.78 is 23.6. The van der Waals surface area contributed by atoms with Gasteiger partial charge in [-0.05, 0) is 30.4 Å². The summed E-state index contributed by atoms with van der Waals surface area (Å²) in [6.45, 7) is 3.88. The molecular weight excluding hydrogens is 313 g/mol. The van der Waals surface area contributed by atoms with E-state index >= 15 is 0 Å². The average molecular weight is 337 g/mol. The van der Waals surface area contributed by atoms with Crippen molar-refractivity contribution in [2.45, 2.75) is 39.2 Å². The molecule has 0 heterocycles. The zero-order valence-electron chi connectivity index (χ0n) is 14.3. The van der Waals surface area contributed by atoms with Crippen LogP contribution < -0.4 is 10.1 Å². The molecule has 0 bridgehead atoms. The molecule has 1 N–H and O–H groups in total. The number of rotatable bonds is 5. The van der Waals surface area contributed by atoms with Crippen LogP contribution in [0.3, 0.4) is 0 Å². The Morgan fingerprint density at radius 1 is 1.29 bits per heavy atom. The number of carbonyl (C=O) groups is 2. The van der Waals surface area contributed by atoms with Gasteiger partial charge in [-0.1, -0.05) is 26.7 Å². The third kappa shape index (κ3) is 4.46. The Bertz CT molecular complexity index is 605. The van der Waals surface area contributed by atoms with Crippen molar-refractivity contribution in [3.8, 4) is 5.75 Å². The summed E-state index contributed by atoms with van der Waals surface area (Å²) in [4.78, 5) is 23.9. The molecule has 0 unspecified atom stereocenters. The first-order valence-corrected chi connectivity index (χ1v) is 8.22. The van der Waals surface area contributed by atoms with Crippen molar-refractivity contribution in [2.75, 3.05) is 13.7 Å². The second-order valence-corrected chi connectivity index (χ2v) is 6.36. The van der Waals surface area contributed by atoms with E-state index in [1.807, 2.05) is 0 Å². The van der Waals surface area contributed by atoms with E-state index in [1.165, 1.54) is 25.7 Å². The molecule has 1 saturated carbocycles. The average Bonchev–Trinajstić information content (AvgIpc) is 2.56. The van der Waals surface area contributed by atoms with E-state index in [0.717, 1.165) is 18.9 Å². The van der Waals surface area contributed by atoms with Gasteiger partial charge in [0.15, 0.2) is 6.61 Å². The van der Waals surface area contributed by atoms with E-state index < -0.39 is 18.4 Å². The zero-order chi connectivity index (χ0) is 17.7. The summed E-state index contributed by atoms with van der Waals surface area (Å²) in [5.74, 6) is -0.715. The van der Waals surface area contributed by atoms with Crippen LogP contribution >= 0.6 is 0 Å². The normalized spacial score (nSPS) is 23.4. The number of hydrogen-bond acceptors (Lipinski definition) is 4. The van der Waals surface area contributed by atoms with Crippen LogP contribution in [0.4, 0.5) is 4.39 Å². The molecule has 0 aromatic heterocycles. The van der Waals surface area contributed by atoms with Crippen LogP contribution in [0.15, 0.2) is 18.2 Å². The number of esters is 1. The molecule has 2 rings (SSSR count). The molecule has 5 nitrogen and oxygen atoms in total. The van der Waals surface area contributed by atoms with Crippen LogP contribution in [0.25, 0.3) is 0 Å². The SMILES string of the molecule is COc1ccc(C(=O)OCC(=O)N[C@@H]2CCC[C@@H](C)[C@H]2C)c(F)c1. The van der Waals surface area contributed by atoms with Gasteiger partial charge in [0.1, 0.15) is 11.6 Å². The molecule has 0 spiro atoms. The maximum absolute atomic E-state index is 13.8. The molecule has 1 aromatic rings. The van der Waals surface area contributed by atoms with Crippen LogP contribution in [0.2, 0.25) is 0 Å². The molecule has 1 fully saturated rings. The lowest BCUT2D eigenvalue weighted by atomic mass is 9.78. The number of methoxy groups -OCH3 is 1. The van der Waals surface area contributed by atoms with E-state index in [9.17, 15) is 14.0 Å². The number of nitrogens with one attached hydrogen (secondary N) is 1. The molecule has 0 saturated heterocycles. The number of carbonyl (C=O) groups excluding carboxylic acids is 2. The lowest BCUT2D eigenvalue weighted by molar-refractivity contribution is -0.125. The van der Waals surface area contributed by atoms with Gasteiger partial charge < -0.3 is 14.8 Å². The third-order valence-corrected chi connectivity index (χ3v) is 4.78. The van der Waals surface area contributed by atoms with Gasteiger partial charge in [-0.3, -0.25) is 4.79 Å². The van der Waals surface area contributed by atoms with E-state index in [4.69, 9.17) is 9.47 Å². The highest BCUT2D eigenvalue weighted by molar-refractivity contribution is 5.91. The second kappa shape index (κ2) is 8.13. The van der Waals surface area contributed by atoms with Gasteiger partial charge in [0, 0.05) is 12.1 Å². The molecule has 1 aliphatic carbocycles. The predicted octanol–water partition coefficient (Wildman–Crippen LogP) is 2.93. The van der Waals surface area contributed by atoms with Gasteiger partial charge in [-0.2, -0.15) is 0 Å². The standard InChI is InChI=1S/C18H24FNO4/c1-11-5-4-6-16(12(11)2)20-17(21)10-24-18(22)14-8-7-13(23-3)9-15(14)19/h7-9,11-12,16H,4-6,10H2,1-3H3,(H,20,21)/t11-,12-,16-/m1/s1. The highest BCUT2D eigenvalue weighted by Gasteiger charge is 2.28. The minimum Gasteiger partial charge on any atom is -0.497 e. The smallest absolute Gasteiger partial charge is 0.341 e. The van der Waals surface area contributed by atoms with Crippen molar-refractivity contribution >= 4 is 11.9 Å². The van der Waals surface area contributed by atoms with Crippen LogP contribution in [0, 0.1) is 17.7 Å². The second-order valence-electron chi connectivity index (χ2n) is 6.36. The van der Waals surface area contributed by atoms with E-state index in [2.05, 4.69) is 19.2 Å². The van der Waals surface area contributed by atoms with E-state index in [1.54, 1.807) is 0 Å². The monoisotopic (exact) mass is 337 g/mol. The molecule has 24 heavy (non-hydrogen) atoms. The van der Waals surface area contributed by atoms with E-state index in [0.29, 0.717) is 17.6 Å². The summed E-state index contributed by atoms with van der Waals surface area (Å²) >= 11 is 0. The van der Waals surface area contributed by atoms with Crippen molar-refractivity contribution in [1.29, 1.82) is 0 Å². The first kappa shape index (κ1) is 18.2. The Morgan fingerprint density at radius 3 is 2.71 bits per heavy atom. The molecule has 6 heteroatoms. The maximum Gasteiger partial charge on any atom is 0.341 e. The number of ether oxygens (including phenoxy) is 2. The lowest BCUT2D eigenvalue weighted by Crippen LogP contribution is -2.45. The fourth-order valence-corrected chi connectivity index (χ4v) is 3.03. The minimum atomic E-state index is -0.865. The summed E-state index contributed by atoms with van der Waals surface area (Å²) in [7, 11) is 1.41. The highest BCUT2D eigenvalue weighted by atomic mass is 19.1. The van der Waals surface area contributed by atoms with Crippen molar-refractivity contribution in [3.05, 3.63) is 29.6 Å². The van der Waals surface area contributed by atoms with Gasteiger partial charge >= 0.3 is 5.97 Å². The fraction of sp³-hybridized carbons (Fsp3) is 0.556.